The van der Waals surface area contributed by atoms with Gasteiger partial charge in [0.05, 0.1) is 16.1 Å². The zero-order valence-corrected chi connectivity index (χ0v) is 21.3. The van der Waals surface area contributed by atoms with Crippen molar-refractivity contribution in [1.29, 1.82) is 5.26 Å². The van der Waals surface area contributed by atoms with E-state index in [0.717, 1.165) is 0 Å². The number of carbonyl (C=O) groups excluding carboxylic acids is 1. The van der Waals surface area contributed by atoms with Gasteiger partial charge in [0.1, 0.15) is 16.0 Å². The number of halogens is 7. The molecule has 16 heteroatoms. The smallest absolute Gasteiger partial charge is 0.475 e. The second kappa shape index (κ2) is 12.1. The molecule has 0 unspecified atom stereocenters. The van der Waals surface area contributed by atoms with E-state index in [-0.39, 0.29) is 50.4 Å². The molecular formula is C20H12Br2ClF4N5O4. The van der Waals surface area contributed by atoms with Gasteiger partial charge >= 0.3 is 12.1 Å². The third-order valence-electron chi connectivity index (χ3n) is 3.94. The molecule has 0 fully saturated rings. The maximum Gasteiger partial charge on any atom is 0.490 e. The van der Waals surface area contributed by atoms with Gasteiger partial charge in [0.2, 0.25) is 0 Å². The summed E-state index contributed by atoms with van der Waals surface area (Å²) in [5.41, 5.74) is 6.08. The van der Waals surface area contributed by atoms with Crippen molar-refractivity contribution in [1.82, 2.24) is 15.3 Å². The van der Waals surface area contributed by atoms with Crippen LogP contribution in [0.25, 0.3) is 0 Å². The Morgan fingerprint density at radius 1 is 1.28 bits per heavy atom. The number of carboxylic acids is 1. The Hall–Kier alpha value is -3.35. The highest BCUT2D eigenvalue weighted by Crippen LogP contribution is 2.35. The topological polar surface area (TPSA) is 154 Å². The number of aromatic amines is 1. The van der Waals surface area contributed by atoms with Crippen molar-refractivity contribution in [2.24, 2.45) is 0 Å². The van der Waals surface area contributed by atoms with Gasteiger partial charge in [-0.1, -0.05) is 17.7 Å². The number of nitrogen functional groups attached to an aromatic ring is 1. The number of aliphatic carboxylic acids is 1. The highest BCUT2D eigenvalue weighted by Gasteiger charge is 2.38. The molecule has 0 saturated heterocycles. The van der Waals surface area contributed by atoms with Gasteiger partial charge in [0.25, 0.3) is 5.91 Å². The number of H-pyrrole nitrogens is 1. The average Bonchev–Trinajstić information content (AvgIpc) is 3.13. The lowest BCUT2D eigenvalue weighted by Crippen LogP contribution is -2.24. The summed E-state index contributed by atoms with van der Waals surface area (Å²) >= 11 is 12.3. The molecule has 0 saturated carbocycles. The number of nitrogens with two attached hydrogens (primary N) is 1. The molecule has 0 atom stereocenters. The number of imidazole rings is 1. The predicted molar refractivity (Wildman–Crippen MR) is 126 cm³/mol. The highest BCUT2D eigenvalue weighted by molar-refractivity contribution is 9.10. The van der Waals surface area contributed by atoms with Gasteiger partial charge in [-0.15, -0.1) is 0 Å². The van der Waals surface area contributed by atoms with E-state index in [1.165, 1.54) is 24.3 Å². The predicted octanol–water partition coefficient (Wildman–Crippen LogP) is 5.54. The molecule has 0 aliphatic rings. The number of nitrogens with zero attached hydrogens (tertiary/aromatic N) is 2. The first-order valence-corrected chi connectivity index (χ1v) is 11.1. The van der Waals surface area contributed by atoms with Gasteiger partial charge < -0.3 is 25.9 Å². The van der Waals surface area contributed by atoms with Gasteiger partial charge in [-0.25, -0.2) is 14.2 Å². The number of nitriles is 1. The summed E-state index contributed by atoms with van der Waals surface area (Å²) in [5, 5.41) is 19.0. The fraction of sp³-hybridized carbons (Fsp3) is 0.100. The van der Waals surface area contributed by atoms with E-state index in [2.05, 4.69) is 47.1 Å². The fourth-order valence-electron chi connectivity index (χ4n) is 2.39. The molecule has 1 amide bonds. The summed E-state index contributed by atoms with van der Waals surface area (Å²) in [6.07, 6.45) is -5.08. The summed E-state index contributed by atoms with van der Waals surface area (Å²) in [6.45, 7) is -0.112. The molecule has 0 spiro atoms. The molecule has 1 heterocycles. The molecular weight excluding hydrogens is 646 g/mol. The van der Waals surface area contributed by atoms with Crippen LogP contribution in [0, 0.1) is 17.1 Å². The first-order valence-electron chi connectivity index (χ1n) is 9.17. The van der Waals surface area contributed by atoms with Gasteiger partial charge in [-0.3, -0.25) is 4.79 Å². The summed E-state index contributed by atoms with van der Waals surface area (Å²) in [4.78, 5) is 27.6. The number of benzene rings is 2. The average molecular weight is 658 g/mol. The van der Waals surface area contributed by atoms with Crippen LogP contribution in [0.15, 0.2) is 39.4 Å². The van der Waals surface area contributed by atoms with Crippen molar-refractivity contribution < 1.29 is 37.0 Å². The number of hydrogen-bond donors (Lipinski definition) is 4. The summed E-state index contributed by atoms with van der Waals surface area (Å²) in [6, 6.07) is 9.40. The van der Waals surface area contributed by atoms with E-state index in [9.17, 15) is 22.4 Å². The Bertz CT molecular complexity index is 1340. The Morgan fingerprint density at radius 2 is 1.92 bits per heavy atom. The minimum atomic E-state index is -5.08. The molecule has 0 aliphatic heterocycles. The number of anilines is 1. The lowest BCUT2D eigenvalue weighted by molar-refractivity contribution is -0.192. The third-order valence-corrected chi connectivity index (χ3v) is 5.35. The van der Waals surface area contributed by atoms with Crippen LogP contribution in [-0.2, 0) is 11.3 Å². The molecule has 0 radical (unpaired) electrons. The van der Waals surface area contributed by atoms with E-state index in [1.807, 2.05) is 6.07 Å². The van der Waals surface area contributed by atoms with Gasteiger partial charge in [-0.2, -0.15) is 18.4 Å². The SMILES string of the molecule is N#Cc1cc(Cl)cc(Oc2c(Br)ccc(CNC(=O)c3[nH]c(N)nc3Br)c2F)c1.O=C(O)C(F)(F)F. The third kappa shape index (κ3) is 7.83. The van der Waals surface area contributed by atoms with Gasteiger partial charge in [0, 0.05) is 17.1 Å². The molecule has 1 aromatic heterocycles. The van der Waals surface area contributed by atoms with Crippen LogP contribution in [0.1, 0.15) is 21.6 Å². The number of alkyl halides is 3. The second-order valence-electron chi connectivity index (χ2n) is 6.51. The summed E-state index contributed by atoms with van der Waals surface area (Å²) < 4.78 is 52.9. The molecule has 0 bridgehead atoms. The van der Waals surface area contributed by atoms with Crippen LogP contribution >= 0.6 is 43.5 Å². The van der Waals surface area contributed by atoms with Crippen LogP contribution in [0.2, 0.25) is 5.02 Å². The number of carbonyl (C=O) groups is 2. The molecule has 9 nitrogen and oxygen atoms in total. The van der Waals surface area contributed by atoms with E-state index < -0.39 is 23.9 Å². The maximum atomic E-state index is 15.0. The quantitative estimate of drug-likeness (QED) is 0.263. The molecule has 36 heavy (non-hydrogen) atoms. The van der Waals surface area contributed by atoms with Crippen molar-refractivity contribution in [2.75, 3.05) is 5.73 Å². The standard InChI is InChI=1S/C18H11Br2ClFN5O2.C2HF3O2/c19-12-2-1-9(7-25-17(28)14-16(20)27-18(24)26-14)13(22)15(12)29-11-4-8(6-23)3-10(21)5-11;3-2(4,5)1(6)7/h1-5H,7H2,(H,25,28)(H3,24,26,27);(H,6,7). The molecule has 3 aromatic rings. The lowest BCUT2D eigenvalue weighted by Gasteiger charge is -2.13. The Kier molecular flexibility index (Phi) is 9.68. The Morgan fingerprint density at radius 3 is 2.44 bits per heavy atom. The van der Waals surface area contributed by atoms with Gasteiger partial charge in [0.15, 0.2) is 17.5 Å². The van der Waals surface area contributed by atoms with Crippen LogP contribution in [0.5, 0.6) is 11.5 Å². The zero-order valence-electron chi connectivity index (χ0n) is 17.4. The molecule has 190 valence electrons. The number of ether oxygens (including phenoxy) is 1. The Balaban J connectivity index is 0.000000572. The van der Waals surface area contributed by atoms with Gasteiger partial charge in [-0.05, 0) is 56.1 Å². The van der Waals surface area contributed by atoms with Crippen LogP contribution in [0.4, 0.5) is 23.5 Å². The Labute approximate surface area is 221 Å². The van der Waals surface area contributed by atoms with Crippen molar-refractivity contribution in [3.8, 4) is 17.6 Å². The largest absolute Gasteiger partial charge is 0.490 e. The van der Waals surface area contributed by atoms with Crippen molar-refractivity contribution in [3.05, 3.63) is 67.1 Å². The number of aromatic nitrogens is 2. The van der Waals surface area contributed by atoms with E-state index in [1.54, 1.807) is 6.07 Å². The molecule has 2 aromatic carbocycles. The normalized spacial score (nSPS) is 10.6. The van der Waals surface area contributed by atoms with Crippen LogP contribution < -0.4 is 15.8 Å². The number of amides is 1. The minimum absolute atomic E-state index is 0.0748. The second-order valence-corrected chi connectivity index (χ2v) is 8.55. The molecule has 5 N–H and O–H groups in total. The summed E-state index contributed by atoms with van der Waals surface area (Å²) in [5.74, 6) is -3.78. The maximum absolute atomic E-state index is 15.0. The van der Waals surface area contributed by atoms with Crippen LogP contribution in [0.3, 0.4) is 0 Å². The molecule has 0 aliphatic carbocycles. The first-order chi connectivity index (χ1) is 16.7. The number of rotatable bonds is 5. The lowest BCUT2D eigenvalue weighted by atomic mass is 10.2. The number of nitrogens with one attached hydrogen (secondary N) is 2. The van der Waals surface area contributed by atoms with Crippen LogP contribution in [-0.4, -0.2) is 33.1 Å². The van der Waals surface area contributed by atoms with Crippen molar-refractivity contribution >= 4 is 61.3 Å². The van der Waals surface area contributed by atoms with E-state index in [4.69, 9.17) is 37.2 Å². The number of carboxylic acid groups (broad SMARTS) is 1. The van der Waals surface area contributed by atoms with E-state index in [0.29, 0.717) is 4.47 Å². The van der Waals surface area contributed by atoms with Crippen molar-refractivity contribution in [3.63, 3.8) is 0 Å². The zero-order chi connectivity index (χ0) is 27.2. The highest BCUT2D eigenvalue weighted by atomic mass is 79.9. The first kappa shape index (κ1) is 28.9. The number of hydrogen-bond acceptors (Lipinski definition) is 6. The van der Waals surface area contributed by atoms with Crippen molar-refractivity contribution in [2.45, 2.75) is 12.7 Å². The minimum Gasteiger partial charge on any atom is -0.475 e. The fourth-order valence-corrected chi connectivity index (χ4v) is 3.47. The van der Waals surface area contributed by atoms with E-state index >= 15 is 0 Å². The monoisotopic (exact) mass is 655 g/mol. The molecule has 3 rings (SSSR count). The summed E-state index contributed by atoms with van der Waals surface area (Å²) in [7, 11) is 0.